The molecule has 2 aromatic heterocycles. The molecule has 2 heterocycles. The molecule has 0 radical (unpaired) electrons. The molecule has 2 rings (SSSR count). The Bertz CT molecular complexity index is 623. The van der Waals surface area contributed by atoms with E-state index in [2.05, 4.69) is 15.2 Å². The minimum atomic E-state index is -4.49. The van der Waals surface area contributed by atoms with Gasteiger partial charge in [0.25, 0.3) is 0 Å². The van der Waals surface area contributed by atoms with Crippen molar-refractivity contribution in [3.8, 4) is 0 Å². The van der Waals surface area contributed by atoms with E-state index < -0.39 is 11.9 Å². The van der Waals surface area contributed by atoms with Crippen LogP contribution >= 0.6 is 11.8 Å². The second-order valence-corrected chi connectivity index (χ2v) is 5.01. The lowest BCUT2D eigenvalue weighted by Gasteiger charge is -2.10. The average molecular weight is 303 g/mol. The summed E-state index contributed by atoms with van der Waals surface area (Å²) in [4.78, 5) is 3.64. The maximum atomic E-state index is 12.7. The van der Waals surface area contributed by atoms with Crippen LogP contribution in [0.15, 0.2) is 22.3 Å². The normalized spacial score (nSPS) is 11.9. The van der Waals surface area contributed by atoms with Gasteiger partial charge in [0.2, 0.25) is 0 Å². The average Bonchev–Trinajstić information content (AvgIpc) is 2.69. The number of aromatic nitrogens is 4. The molecule has 5 nitrogen and oxygen atoms in total. The van der Waals surface area contributed by atoms with Crippen LogP contribution in [0.25, 0.3) is 0 Å². The Morgan fingerprint density at radius 2 is 2.00 bits per heavy atom. The second kappa shape index (κ2) is 5.41. The third-order valence-corrected chi connectivity index (χ3v) is 3.77. The number of halogens is 3. The highest BCUT2D eigenvalue weighted by atomic mass is 32.2. The number of nitrogens with two attached hydrogens (primary N) is 1. The van der Waals surface area contributed by atoms with Gasteiger partial charge < -0.3 is 10.3 Å². The van der Waals surface area contributed by atoms with Gasteiger partial charge >= 0.3 is 6.18 Å². The van der Waals surface area contributed by atoms with Crippen LogP contribution in [-0.4, -0.2) is 19.7 Å². The Morgan fingerprint density at radius 3 is 2.50 bits per heavy atom. The van der Waals surface area contributed by atoms with Gasteiger partial charge in [0.1, 0.15) is 16.5 Å². The molecule has 20 heavy (non-hydrogen) atoms. The Balaban J connectivity index is 2.41. The highest BCUT2D eigenvalue weighted by Crippen LogP contribution is 2.33. The fourth-order valence-electron chi connectivity index (χ4n) is 1.43. The number of aryl methyl sites for hydroxylation is 1. The summed E-state index contributed by atoms with van der Waals surface area (Å²) in [5.41, 5.74) is 5.11. The second-order valence-electron chi connectivity index (χ2n) is 4.05. The zero-order valence-electron chi connectivity index (χ0n) is 10.8. The van der Waals surface area contributed by atoms with Crippen LogP contribution in [0, 0.1) is 6.92 Å². The smallest absolute Gasteiger partial charge is 0.326 e. The predicted molar refractivity (Wildman–Crippen MR) is 67.0 cm³/mol. The molecule has 0 aliphatic heterocycles. The Labute approximate surface area is 117 Å². The summed E-state index contributed by atoms with van der Waals surface area (Å²) >= 11 is 1.01. The van der Waals surface area contributed by atoms with E-state index in [0.29, 0.717) is 16.5 Å². The van der Waals surface area contributed by atoms with E-state index in [1.165, 1.54) is 6.07 Å². The first-order valence-corrected chi connectivity index (χ1v) is 6.45. The minimum absolute atomic E-state index is 0.101. The summed E-state index contributed by atoms with van der Waals surface area (Å²) in [6, 6.07) is 2.26. The Kier molecular flexibility index (Phi) is 4.00. The van der Waals surface area contributed by atoms with E-state index in [1.807, 2.05) is 0 Å². The van der Waals surface area contributed by atoms with Crippen LogP contribution in [0.2, 0.25) is 0 Å². The number of hydrogen-bond donors (Lipinski definition) is 1. The number of nitrogens with zero attached hydrogens (tertiary/aromatic N) is 4. The molecule has 0 unspecified atom stereocenters. The molecule has 0 fully saturated rings. The first-order valence-electron chi connectivity index (χ1n) is 5.64. The number of pyridine rings is 1. The third kappa shape index (κ3) is 2.93. The number of hydrogen-bond acceptors (Lipinski definition) is 5. The molecule has 0 amide bonds. The van der Waals surface area contributed by atoms with Crippen molar-refractivity contribution in [2.24, 2.45) is 12.8 Å². The molecule has 0 spiro atoms. The van der Waals surface area contributed by atoms with Gasteiger partial charge in [-0.05, 0) is 30.3 Å². The van der Waals surface area contributed by atoms with Crippen LogP contribution in [0.5, 0.6) is 0 Å². The molecule has 0 atom stereocenters. The fraction of sp³-hybridized carbons (Fsp3) is 0.364. The van der Waals surface area contributed by atoms with E-state index in [0.717, 1.165) is 17.8 Å². The van der Waals surface area contributed by atoms with E-state index in [-0.39, 0.29) is 11.6 Å². The van der Waals surface area contributed by atoms with Crippen molar-refractivity contribution in [2.75, 3.05) is 0 Å². The summed E-state index contributed by atoms with van der Waals surface area (Å²) < 4.78 is 39.7. The molecule has 0 saturated carbocycles. The minimum Gasteiger partial charge on any atom is -0.326 e. The Morgan fingerprint density at radius 1 is 1.30 bits per heavy atom. The maximum absolute atomic E-state index is 12.7. The lowest BCUT2D eigenvalue weighted by atomic mass is 10.2. The van der Waals surface area contributed by atoms with Gasteiger partial charge in [0.05, 0.1) is 0 Å². The predicted octanol–water partition coefficient (Wildman–Crippen LogP) is 2.15. The molecular weight excluding hydrogens is 291 g/mol. The topological polar surface area (TPSA) is 69.6 Å². The van der Waals surface area contributed by atoms with E-state index in [1.54, 1.807) is 18.5 Å². The van der Waals surface area contributed by atoms with Crippen molar-refractivity contribution in [1.82, 2.24) is 19.7 Å². The van der Waals surface area contributed by atoms with Crippen molar-refractivity contribution >= 4 is 11.8 Å². The van der Waals surface area contributed by atoms with Crippen molar-refractivity contribution in [1.29, 1.82) is 0 Å². The van der Waals surface area contributed by atoms with Crippen LogP contribution in [-0.2, 0) is 19.8 Å². The SMILES string of the molecule is Cc1nnc(Sc2nc(C(F)(F)F)ccc2CN)n1C. The summed E-state index contributed by atoms with van der Waals surface area (Å²) in [5.74, 6) is 0.661. The van der Waals surface area contributed by atoms with Crippen LogP contribution in [0.3, 0.4) is 0 Å². The molecule has 0 bridgehead atoms. The lowest BCUT2D eigenvalue weighted by molar-refractivity contribution is -0.141. The van der Waals surface area contributed by atoms with Crippen molar-refractivity contribution in [2.45, 2.75) is 29.8 Å². The quantitative estimate of drug-likeness (QED) is 0.941. The monoisotopic (exact) mass is 303 g/mol. The van der Waals surface area contributed by atoms with Gasteiger partial charge in [-0.25, -0.2) is 4.98 Å². The van der Waals surface area contributed by atoms with Gasteiger partial charge in [-0.2, -0.15) is 13.2 Å². The van der Waals surface area contributed by atoms with Crippen LogP contribution in [0.1, 0.15) is 17.1 Å². The number of alkyl halides is 3. The van der Waals surface area contributed by atoms with Gasteiger partial charge in [0, 0.05) is 13.6 Å². The number of rotatable bonds is 3. The Hall–Kier alpha value is -1.61. The largest absolute Gasteiger partial charge is 0.433 e. The van der Waals surface area contributed by atoms with Gasteiger partial charge in [-0.15, -0.1) is 10.2 Å². The van der Waals surface area contributed by atoms with Crippen molar-refractivity contribution in [3.63, 3.8) is 0 Å². The molecule has 108 valence electrons. The molecule has 9 heteroatoms. The van der Waals surface area contributed by atoms with E-state index in [9.17, 15) is 13.2 Å². The zero-order chi connectivity index (χ0) is 14.9. The van der Waals surface area contributed by atoms with Crippen molar-refractivity contribution < 1.29 is 13.2 Å². The molecule has 0 aliphatic rings. The summed E-state index contributed by atoms with van der Waals surface area (Å²) in [7, 11) is 1.73. The maximum Gasteiger partial charge on any atom is 0.433 e. The standard InChI is InChI=1S/C11H12F3N5S/c1-6-17-18-10(19(6)2)20-9-7(5-15)3-4-8(16-9)11(12,13)14/h3-4H,5,15H2,1-2H3. The van der Waals surface area contributed by atoms with E-state index >= 15 is 0 Å². The lowest BCUT2D eigenvalue weighted by Crippen LogP contribution is -2.10. The molecular formula is C11H12F3N5S. The highest BCUT2D eigenvalue weighted by molar-refractivity contribution is 7.99. The van der Waals surface area contributed by atoms with Crippen molar-refractivity contribution in [3.05, 3.63) is 29.2 Å². The zero-order valence-corrected chi connectivity index (χ0v) is 11.6. The highest BCUT2D eigenvalue weighted by Gasteiger charge is 2.33. The molecule has 0 aromatic carbocycles. The van der Waals surface area contributed by atoms with Gasteiger partial charge in [-0.1, -0.05) is 6.07 Å². The third-order valence-electron chi connectivity index (χ3n) is 2.69. The molecule has 2 N–H and O–H groups in total. The molecule has 0 aliphatic carbocycles. The van der Waals surface area contributed by atoms with Crippen LogP contribution in [0.4, 0.5) is 13.2 Å². The first kappa shape index (κ1) is 14.8. The van der Waals surface area contributed by atoms with Gasteiger partial charge in [-0.3, -0.25) is 0 Å². The summed E-state index contributed by atoms with van der Waals surface area (Å²) in [5, 5.41) is 8.40. The van der Waals surface area contributed by atoms with E-state index in [4.69, 9.17) is 5.73 Å². The van der Waals surface area contributed by atoms with Gasteiger partial charge in [0.15, 0.2) is 5.16 Å². The van der Waals surface area contributed by atoms with Crippen LogP contribution < -0.4 is 5.73 Å². The first-order chi connectivity index (χ1) is 9.32. The fourth-order valence-corrected chi connectivity index (χ4v) is 2.38. The summed E-state index contributed by atoms with van der Waals surface area (Å²) in [6.07, 6.45) is -4.49. The summed E-state index contributed by atoms with van der Waals surface area (Å²) in [6.45, 7) is 1.85. The molecule has 0 saturated heterocycles. The molecule has 2 aromatic rings.